The second kappa shape index (κ2) is 6.03. The van der Waals surface area contributed by atoms with Crippen molar-refractivity contribution in [3.05, 3.63) is 0 Å². The Hall–Kier alpha value is -0.550. The Morgan fingerprint density at radius 3 is 2.71 bits per heavy atom. The van der Waals surface area contributed by atoms with Crippen molar-refractivity contribution < 1.29 is 4.74 Å². The molecule has 1 aliphatic carbocycles. The first-order valence-electron chi connectivity index (χ1n) is 5.83. The van der Waals surface area contributed by atoms with Gasteiger partial charge >= 0.3 is 0 Å². The molecule has 0 aliphatic heterocycles. The summed E-state index contributed by atoms with van der Waals surface area (Å²) in [4.78, 5) is 0. The number of nitriles is 1. The standard InChI is InChI=1S/C12H21NO/c1-3-5-10-6-7-11(9-13)12(8-10)14-4-2/h10-12H,3-8H2,1-2H3. The van der Waals surface area contributed by atoms with E-state index < -0.39 is 0 Å². The molecule has 80 valence electrons. The summed E-state index contributed by atoms with van der Waals surface area (Å²) in [7, 11) is 0. The first-order chi connectivity index (χ1) is 6.81. The third kappa shape index (κ3) is 2.99. The van der Waals surface area contributed by atoms with E-state index >= 15 is 0 Å². The fourth-order valence-corrected chi connectivity index (χ4v) is 2.43. The summed E-state index contributed by atoms with van der Waals surface area (Å²) in [6.45, 7) is 4.98. The van der Waals surface area contributed by atoms with Crippen LogP contribution in [0.3, 0.4) is 0 Å². The predicted molar refractivity (Wildman–Crippen MR) is 56.8 cm³/mol. The summed E-state index contributed by atoms with van der Waals surface area (Å²) >= 11 is 0. The van der Waals surface area contributed by atoms with Gasteiger partial charge in [0.15, 0.2) is 0 Å². The first-order valence-corrected chi connectivity index (χ1v) is 5.83. The summed E-state index contributed by atoms with van der Waals surface area (Å²) in [5, 5.41) is 8.97. The lowest BCUT2D eigenvalue weighted by Gasteiger charge is -2.32. The first kappa shape index (κ1) is 11.5. The van der Waals surface area contributed by atoms with Crippen LogP contribution in [0.2, 0.25) is 0 Å². The van der Waals surface area contributed by atoms with Crippen molar-refractivity contribution in [1.29, 1.82) is 5.26 Å². The zero-order valence-corrected chi connectivity index (χ0v) is 9.33. The molecule has 3 atom stereocenters. The molecular formula is C12H21NO. The van der Waals surface area contributed by atoms with Gasteiger partial charge in [0, 0.05) is 6.61 Å². The van der Waals surface area contributed by atoms with E-state index in [9.17, 15) is 0 Å². The number of ether oxygens (including phenoxy) is 1. The van der Waals surface area contributed by atoms with E-state index in [0.29, 0.717) is 0 Å². The summed E-state index contributed by atoms with van der Waals surface area (Å²) < 4.78 is 5.64. The zero-order valence-electron chi connectivity index (χ0n) is 9.33. The average Bonchev–Trinajstić information content (AvgIpc) is 2.19. The van der Waals surface area contributed by atoms with E-state index in [1.807, 2.05) is 6.92 Å². The maximum absolute atomic E-state index is 8.97. The van der Waals surface area contributed by atoms with E-state index in [-0.39, 0.29) is 12.0 Å². The summed E-state index contributed by atoms with van der Waals surface area (Å²) in [6, 6.07) is 2.38. The molecule has 3 unspecified atom stereocenters. The van der Waals surface area contributed by atoms with Crippen molar-refractivity contribution in [2.45, 2.75) is 52.1 Å². The minimum Gasteiger partial charge on any atom is -0.377 e. The van der Waals surface area contributed by atoms with Crippen LogP contribution in [-0.4, -0.2) is 12.7 Å². The van der Waals surface area contributed by atoms with Gasteiger partial charge in [0.05, 0.1) is 18.1 Å². The number of hydrogen-bond acceptors (Lipinski definition) is 2. The van der Waals surface area contributed by atoms with Crippen molar-refractivity contribution in [3.63, 3.8) is 0 Å². The lowest BCUT2D eigenvalue weighted by molar-refractivity contribution is -0.00426. The maximum Gasteiger partial charge on any atom is 0.0735 e. The average molecular weight is 195 g/mol. The third-order valence-electron chi connectivity index (χ3n) is 3.14. The van der Waals surface area contributed by atoms with Crippen LogP contribution in [-0.2, 0) is 4.74 Å². The summed E-state index contributed by atoms with van der Waals surface area (Å²) in [6.07, 6.45) is 6.10. The Morgan fingerprint density at radius 2 is 2.14 bits per heavy atom. The van der Waals surface area contributed by atoms with Crippen molar-refractivity contribution in [1.82, 2.24) is 0 Å². The topological polar surface area (TPSA) is 33.0 Å². The Bertz CT molecular complexity index is 197. The molecule has 1 aliphatic rings. The predicted octanol–water partition coefficient (Wildman–Crippen LogP) is 3.13. The zero-order chi connectivity index (χ0) is 10.4. The van der Waals surface area contributed by atoms with Gasteiger partial charge in [0.25, 0.3) is 0 Å². The van der Waals surface area contributed by atoms with E-state index in [1.165, 1.54) is 19.3 Å². The SMILES string of the molecule is CCCC1CCC(C#N)C(OCC)C1. The minimum absolute atomic E-state index is 0.142. The Labute approximate surface area is 87.3 Å². The van der Waals surface area contributed by atoms with Gasteiger partial charge in [-0.15, -0.1) is 0 Å². The molecule has 0 radical (unpaired) electrons. The maximum atomic E-state index is 8.97. The molecule has 0 saturated heterocycles. The van der Waals surface area contributed by atoms with Crippen molar-refractivity contribution in [3.8, 4) is 6.07 Å². The minimum atomic E-state index is 0.142. The van der Waals surface area contributed by atoms with Crippen LogP contribution in [0.1, 0.15) is 46.0 Å². The molecular weight excluding hydrogens is 174 g/mol. The monoisotopic (exact) mass is 195 g/mol. The Balaban J connectivity index is 2.45. The molecule has 0 amide bonds. The Kier molecular flexibility index (Phi) is 4.97. The van der Waals surface area contributed by atoms with Gasteiger partial charge in [-0.2, -0.15) is 5.26 Å². The van der Waals surface area contributed by atoms with Crippen LogP contribution < -0.4 is 0 Å². The number of hydrogen-bond donors (Lipinski definition) is 0. The van der Waals surface area contributed by atoms with Gasteiger partial charge in [-0.05, 0) is 32.1 Å². The molecule has 1 rings (SSSR count). The highest BCUT2D eigenvalue weighted by atomic mass is 16.5. The van der Waals surface area contributed by atoms with Crippen molar-refractivity contribution in [2.24, 2.45) is 11.8 Å². The highest BCUT2D eigenvalue weighted by Gasteiger charge is 2.30. The fraction of sp³-hybridized carbons (Fsp3) is 0.917. The third-order valence-corrected chi connectivity index (χ3v) is 3.14. The van der Waals surface area contributed by atoms with Crippen LogP contribution in [0.15, 0.2) is 0 Å². The lowest BCUT2D eigenvalue weighted by Crippen LogP contribution is -2.31. The van der Waals surface area contributed by atoms with Crippen LogP contribution in [0, 0.1) is 23.2 Å². The van der Waals surface area contributed by atoms with E-state index in [0.717, 1.165) is 25.4 Å². The van der Waals surface area contributed by atoms with Crippen molar-refractivity contribution in [2.75, 3.05) is 6.61 Å². The molecule has 0 bridgehead atoms. The van der Waals surface area contributed by atoms with Crippen LogP contribution in [0.4, 0.5) is 0 Å². The number of nitrogens with zero attached hydrogens (tertiary/aromatic N) is 1. The fourth-order valence-electron chi connectivity index (χ4n) is 2.43. The number of rotatable bonds is 4. The molecule has 14 heavy (non-hydrogen) atoms. The van der Waals surface area contributed by atoms with Crippen molar-refractivity contribution >= 4 is 0 Å². The van der Waals surface area contributed by atoms with Gasteiger partial charge in [-0.25, -0.2) is 0 Å². The largest absolute Gasteiger partial charge is 0.377 e. The van der Waals surface area contributed by atoms with Gasteiger partial charge in [-0.1, -0.05) is 19.8 Å². The molecule has 0 aromatic rings. The molecule has 1 fully saturated rings. The molecule has 1 saturated carbocycles. The van der Waals surface area contributed by atoms with Gasteiger partial charge in [-0.3, -0.25) is 0 Å². The van der Waals surface area contributed by atoms with E-state index in [1.54, 1.807) is 0 Å². The summed E-state index contributed by atoms with van der Waals surface area (Å²) in [5.41, 5.74) is 0. The van der Waals surface area contributed by atoms with Gasteiger partial charge < -0.3 is 4.74 Å². The molecule has 0 spiro atoms. The van der Waals surface area contributed by atoms with Crippen LogP contribution in [0.5, 0.6) is 0 Å². The second-order valence-electron chi connectivity index (χ2n) is 4.20. The normalized spacial score (nSPS) is 32.5. The Morgan fingerprint density at radius 1 is 1.36 bits per heavy atom. The molecule has 0 aromatic heterocycles. The molecule has 0 heterocycles. The van der Waals surface area contributed by atoms with Gasteiger partial charge in [0.2, 0.25) is 0 Å². The molecule has 0 aromatic carbocycles. The quantitative estimate of drug-likeness (QED) is 0.690. The van der Waals surface area contributed by atoms with E-state index in [4.69, 9.17) is 10.00 Å². The van der Waals surface area contributed by atoms with Crippen LogP contribution in [0.25, 0.3) is 0 Å². The molecule has 0 N–H and O–H groups in total. The smallest absolute Gasteiger partial charge is 0.0735 e. The summed E-state index contributed by atoms with van der Waals surface area (Å²) in [5.74, 6) is 0.934. The van der Waals surface area contributed by atoms with Crippen LogP contribution >= 0.6 is 0 Å². The highest BCUT2D eigenvalue weighted by Crippen LogP contribution is 2.33. The lowest BCUT2D eigenvalue weighted by atomic mass is 9.78. The molecule has 2 nitrogen and oxygen atoms in total. The van der Waals surface area contributed by atoms with E-state index in [2.05, 4.69) is 13.0 Å². The molecule has 2 heteroatoms. The van der Waals surface area contributed by atoms with Gasteiger partial charge in [0.1, 0.15) is 0 Å². The highest BCUT2D eigenvalue weighted by molar-refractivity contribution is 4.93. The second-order valence-corrected chi connectivity index (χ2v) is 4.20.